The van der Waals surface area contributed by atoms with Crippen LogP contribution in [0.5, 0.6) is 5.75 Å². The monoisotopic (exact) mass is 471 g/mol. The molecule has 0 spiro atoms. The number of Topliss-reactive ketones (excluding diaryl/α,β-unsaturated/α-hetero) is 1. The Balaban J connectivity index is 1.69. The van der Waals surface area contributed by atoms with E-state index in [0.29, 0.717) is 17.3 Å². The van der Waals surface area contributed by atoms with Gasteiger partial charge in [-0.05, 0) is 63.1 Å². The Morgan fingerprint density at radius 3 is 2.38 bits per heavy atom. The Morgan fingerprint density at radius 2 is 1.74 bits per heavy atom. The van der Waals surface area contributed by atoms with E-state index < -0.39 is 0 Å². The van der Waals surface area contributed by atoms with E-state index in [2.05, 4.69) is 36.2 Å². The first-order chi connectivity index (χ1) is 16.5. The summed E-state index contributed by atoms with van der Waals surface area (Å²) in [6.07, 6.45) is 0.950. The van der Waals surface area contributed by atoms with Gasteiger partial charge in [-0.1, -0.05) is 66.7 Å². The van der Waals surface area contributed by atoms with Gasteiger partial charge in [0.15, 0.2) is 16.8 Å². The molecule has 6 heteroatoms. The molecule has 0 radical (unpaired) electrons. The number of hydrogen-bond acceptors (Lipinski definition) is 5. The molecule has 1 heterocycles. The van der Waals surface area contributed by atoms with Gasteiger partial charge >= 0.3 is 0 Å². The number of rotatable bonds is 9. The highest BCUT2D eigenvalue weighted by molar-refractivity contribution is 8.00. The van der Waals surface area contributed by atoms with Crippen molar-refractivity contribution in [1.29, 1.82) is 0 Å². The molecule has 3 aromatic carbocycles. The zero-order valence-electron chi connectivity index (χ0n) is 20.0. The highest BCUT2D eigenvalue weighted by Crippen LogP contribution is 2.32. The number of benzene rings is 3. The van der Waals surface area contributed by atoms with Gasteiger partial charge in [-0.2, -0.15) is 0 Å². The van der Waals surface area contributed by atoms with Crippen LogP contribution in [0.4, 0.5) is 0 Å². The predicted molar refractivity (Wildman–Crippen MR) is 138 cm³/mol. The van der Waals surface area contributed by atoms with Gasteiger partial charge in [0.1, 0.15) is 5.75 Å². The zero-order valence-corrected chi connectivity index (χ0v) is 20.8. The second-order valence-corrected chi connectivity index (χ2v) is 9.42. The lowest BCUT2D eigenvalue weighted by atomic mass is 10.1. The van der Waals surface area contributed by atoms with E-state index >= 15 is 0 Å². The summed E-state index contributed by atoms with van der Waals surface area (Å²) in [6.45, 7) is 8.66. The maximum atomic E-state index is 13.1. The largest absolute Gasteiger partial charge is 0.494 e. The molecular weight excluding hydrogens is 442 g/mol. The van der Waals surface area contributed by atoms with E-state index in [1.54, 1.807) is 0 Å². The average Bonchev–Trinajstić information content (AvgIpc) is 3.27. The third-order valence-electron chi connectivity index (χ3n) is 5.61. The van der Waals surface area contributed by atoms with Crippen LogP contribution in [-0.4, -0.2) is 32.4 Å². The number of nitrogens with zero attached hydrogens (tertiary/aromatic N) is 3. The van der Waals surface area contributed by atoms with Crippen LogP contribution >= 0.6 is 11.8 Å². The van der Waals surface area contributed by atoms with E-state index in [1.807, 2.05) is 79.1 Å². The minimum atomic E-state index is -0.316. The fourth-order valence-electron chi connectivity index (χ4n) is 3.76. The number of thioether (sulfide) groups is 1. The van der Waals surface area contributed by atoms with Gasteiger partial charge in [0, 0.05) is 16.8 Å². The number of ether oxygens (including phenoxy) is 1. The van der Waals surface area contributed by atoms with Crippen LogP contribution in [-0.2, 0) is 6.42 Å². The molecule has 0 aliphatic heterocycles. The molecule has 34 heavy (non-hydrogen) atoms. The smallest absolute Gasteiger partial charge is 0.196 e. The van der Waals surface area contributed by atoms with Crippen molar-refractivity contribution in [2.75, 3.05) is 6.61 Å². The summed E-state index contributed by atoms with van der Waals surface area (Å²) in [5, 5.41) is 9.37. The molecule has 0 aliphatic carbocycles. The molecule has 0 fully saturated rings. The Kier molecular flexibility index (Phi) is 7.48. The number of carbonyl (C=O) groups is 1. The Hall–Kier alpha value is -3.38. The number of aromatic nitrogens is 3. The van der Waals surface area contributed by atoms with Gasteiger partial charge in [0.05, 0.1) is 11.9 Å². The molecule has 1 unspecified atom stereocenters. The molecule has 0 amide bonds. The third-order valence-corrected chi connectivity index (χ3v) is 6.66. The van der Waals surface area contributed by atoms with Crippen LogP contribution in [0, 0.1) is 6.92 Å². The van der Waals surface area contributed by atoms with Crippen molar-refractivity contribution in [1.82, 2.24) is 14.8 Å². The molecule has 0 N–H and O–H groups in total. The van der Waals surface area contributed by atoms with Crippen LogP contribution in [0.15, 0.2) is 78.0 Å². The average molecular weight is 472 g/mol. The van der Waals surface area contributed by atoms with Gasteiger partial charge in [0.2, 0.25) is 0 Å². The summed E-state index contributed by atoms with van der Waals surface area (Å²) < 4.78 is 7.62. The number of hydrogen-bond donors (Lipinski definition) is 0. The third kappa shape index (κ3) is 5.23. The summed E-state index contributed by atoms with van der Waals surface area (Å²) in [5.74, 6) is 1.62. The molecule has 1 atom stereocenters. The van der Waals surface area contributed by atoms with Crippen molar-refractivity contribution >= 4 is 17.5 Å². The Morgan fingerprint density at radius 1 is 1.00 bits per heavy atom. The maximum absolute atomic E-state index is 13.1. The SMILES string of the molecule is CCOc1ccc(-n2c(SC(C)C(=O)c3ccc(CC)cc3)nnc2-c2cccc(C)c2)cc1. The van der Waals surface area contributed by atoms with E-state index in [9.17, 15) is 4.79 Å². The van der Waals surface area contributed by atoms with Crippen molar-refractivity contribution in [3.8, 4) is 22.8 Å². The molecule has 0 aliphatic rings. The van der Waals surface area contributed by atoms with Gasteiger partial charge < -0.3 is 4.74 Å². The Bertz CT molecular complexity index is 1260. The molecular formula is C28H29N3O2S. The standard InChI is InChI=1S/C28H29N3O2S/c1-5-21-10-12-22(13-11-21)26(32)20(4)34-28-30-29-27(23-9-7-8-19(3)18-23)31(28)24-14-16-25(17-15-24)33-6-2/h7-18,20H,5-6H2,1-4H3. The lowest BCUT2D eigenvalue weighted by Crippen LogP contribution is -2.14. The van der Waals surface area contributed by atoms with Crippen LogP contribution in [0.3, 0.4) is 0 Å². The van der Waals surface area contributed by atoms with Gasteiger partial charge in [-0.25, -0.2) is 0 Å². The van der Waals surface area contributed by atoms with Gasteiger partial charge in [-0.15, -0.1) is 10.2 Å². The highest BCUT2D eigenvalue weighted by atomic mass is 32.2. The first-order valence-corrected chi connectivity index (χ1v) is 12.4. The van der Waals surface area contributed by atoms with Crippen LogP contribution < -0.4 is 4.74 Å². The molecule has 5 nitrogen and oxygen atoms in total. The fourth-order valence-corrected chi connectivity index (χ4v) is 4.70. The molecule has 4 aromatic rings. The first-order valence-electron chi connectivity index (χ1n) is 11.6. The van der Waals surface area contributed by atoms with E-state index in [-0.39, 0.29) is 11.0 Å². The molecule has 0 saturated carbocycles. The molecule has 4 rings (SSSR count). The van der Waals surface area contributed by atoms with Gasteiger partial charge in [0.25, 0.3) is 0 Å². The lowest BCUT2D eigenvalue weighted by molar-refractivity contribution is 0.0994. The topological polar surface area (TPSA) is 57.0 Å². The molecule has 0 saturated heterocycles. The van der Waals surface area contributed by atoms with Crippen LogP contribution in [0.1, 0.15) is 42.3 Å². The van der Waals surface area contributed by atoms with E-state index in [1.165, 1.54) is 17.3 Å². The summed E-state index contributed by atoms with van der Waals surface area (Å²) in [6, 6.07) is 23.9. The lowest BCUT2D eigenvalue weighted by Gasteiger charge is -2.14. The van der Waals surface area contributed by atoms with Crippen LogP contribution in [0.25, 0.3) is 17.1 Å². The summed E-state index contributed by atoms with van der Waals surface area (Å²) >= 11 is 1.42. The highest BCUT2D eigenvalue weighted by Gasteiger charge is 2.23. The molecule has 0 bridgehead atoms. The fraction of sp³-hybridized carbons (Fsp3) is 0.250. The van der Waals surface area contributed by atoms with Gasteiger partial charge in [-0.3, -0.25) is 9.36 Å². The second kappa shape index (κ2) is 10.7. The van der Waals surface area contributed by atoms with Crippen LogP contribution in [0.2, 0.25) is 0 Å². The minimum Gasteiger partial charge on any atom is -0.494 e. The van der Waals surface area contributed by atoms with Crippen molar-refractivity contribution < 1.29 is 9.53 Å². The van der Waals surface area contributed by atoms with E-state index in [0.717, 1.165) is 34.8 Å². The van der Waals surface area contributed by atoms with Crippen molar-refractivity contribution in [3.05, 3.63) is 89.5 Å². The first kappa shape index (κ1) is 23.8. The van der Waals surface area contributed by atoms with Crippen molar-refractivity contribution in [2.45, 2.75) is 44.5 Å². The van der Waals surface area contributed by atoms with Crippen molar-refractivity contribution in [2.24, 2.45) is 0 Å². The normalized spacial score (nSPS) is 11.9. The predicted octanol–water partition coefficient (Wildman–Crippen LogP) is 6.57. The van der Waals surface area contributed by atoms with E-state index in [4.69, 9.17) is 4.74 Å². The Labute approximate surface area is 205 Å². The number of ketones is 1. The second-order valence-electron chi connectivity index (χ2n) is 8.11. The summed E-state index contributed by atoms with van der Waals surface area (Å²) in [5.41, 5.74) is 4.96. The number of carbonyl (C=O) groups excluding carboxylic acids is 1. The molecule has 174 valence electrons. The summed E-state index contributed by atoms with van der Waals surface area (Å²) in [7, 11) is 0. The number of aryl methyl sites for hydroxylation is 2. The maximum Gasteiger partial charge on any atom is 0.196 e. The zero-order chi connectivity index (χ0) is 24.1. The minimum absolute atomic E-state index is 0.0750. The van der Waals surface area contributed by atoms with Crippen molar-refractivity contribution in [3.63, 3.8) is 0 Å². The summed E-state index contributed by atoms with van der Waals surface area (Å²) in [4.78, 5) is 13.1. The molecule has 1 aromatic heterocycles. The quantitative estimate of drug-likeness (QED) is 0.204.